The van der Waals surface area contributed by atoms with Gasteiger partial charge in [0.05, 0.1) is 12.1 Å². The summed E-state index contributed by atoms with van der Waals surface area (Å²) in [5, 5.41) is 14.8. The minimum atomic E-state index is -0.155. The molecule has 2 N–H and O–H groups in total. The van der Waals surface area contributed by atoms with Gasteiger partial charge in [-0.25, -0.2) is 0 Å². The van der Waals surface area contributed by atoms with E-state index in [-0.39, 0.29) is 5.91 Å². The second kappa shape index (κ2) is 9.74. The van der Waals surface area contributed by atoms with Crippen molar-refractivity contribution in [2.75, 3.05) is 6.54 Å². The van der Waals surface area contributed by atoms with Crippen molar-refractivity contribution >= 4 is 18.1 Å². The number of carbonyl (C=O) groups excluding carboxylic acids is 1. The molecule has 0 aliphatic heterocycles. The summed E-state index contributed by atoms with van der Waals surface area (Å²) in [6, 6.07) is 18.1. The number of nitrogens with zero attached hydrogens (tertiary/aromatic N) is 4. The van der Waals surface area contributed by atoms with Gasteiger partial charge in [-0.1, -0.05) is 60.2 Å². The van der Waals surface area contributed by atoms with Crippen LogP contribution < -0.4 is 5.32 Å². The summed E-state index contributed by atoms with van der Waals surface area (Å²) in [4.78, 5) is 13.1. The number of amides is 1. The third-order valence-corrected chi connectivity index (χ3v) is 5.62. The van der Waals surface area contributed by atoms with E-state index in [1.807, 2.05) is 83.9 Å². The molecule has 2 heterocycles. The standard InChI is InChI=1S/C24H26N6OS/c1-3-30-21(26-27-24(30)32)13-14-25-23(31)20-16-29(15-18-7-5-4-6-8-18)28-22(20)19-11-9-17(2)10-12-19/h4-12,16H,3,13-15H2,1-2H3,(H,25,31)(H,27,32). The Labute approximate surface area is 192 Å². The minimum absolute atomic E-state index is 0.155. The molecule has 4 rings (SSSR count). The van der Waals surface area contributed by atoms with E-state index in [9.17, 15) is 4.79 Å². The molecule has 0 saturated heterocycles. The summed E-state index contributed by atoms with van der Waals surface area (Å²) in [7, 11) is 0. The summed E-state index contributed by atoms with van der Waals surface area (Å²) >= 11 is 5.23. The normalized spacial score (nSPS) is 10.9. The van der Waals surface area contributed by atoms with Gasteiger partial charge in [0.15, 0.2) is 4.77 Å². The average molecular weight is 447 g/mol. The van der Waals surface area contributed by atoms with Gasteiger partial charge in [-0.05, 0) is 31.6 Å². The molecule has 0 spiro atoms. The van der Waals surface area contributed by atoms with Crippen LogP contribution in [0.3, 0.4) is 0 Å². The van der Waals surface area contributed by atoms with E-state index in [4.69, 9.17) is 17.3 Å². The fraction of sp³-hybridized carbons (Fsp3) is 0.250. The molecule has 164 valence electrons. The monoisotopic (exact) mass is 446 g/mol. The Morgan fingerprint density at radius 3 is 2.59 bits per heavy atom. The Morgan fingerprint density at radius 1 is 1.12 bits per heavy atom. The lowest BCUT2D eigenvalue weighted by molar-refractivity contribution is 0.0954. The number of rotatable bonds is 8. The number of carbonyl (C=O) groups is 1. The van der Waals surface area contributed by atoms with Gasteiger partial charge < -0.3 is 9.88 Å². The number of aromatic nitrogens is 5. The first kappa shape index (κ1) is 21.7. The molecule has 0 atom stereocenters. The van der Waals surface area contributed by atoms with Crippen LogP contribution in [0.1, 0.15) is 34.2 Å². The predicted octanol–water partition coefficient (Wildman–Crippen LogP) is 4.15. The van der Waals surface area contributed by atoms with Crippen LogP contribution in [0.5, 0.6) is 0 Å². The quantitative estimate of drug-likeness (QED) is 0.399. The molecule has 2 aromatic heterocycles. The molecule has 32 heavy (non-hydrogen) atoms. The Hall–Kier alpha value is -3.52. The summed E-state index contributed by atoms with van der Waals surface area (Å²) in [5.41, 5.74) is 4.43. The van der Waals surface area contributed by atoms with Gasteiger partial charge >= 0.3 is 0 Å². The molecule has 0 unspecified atom stereocenters. The Morgan fingerprint density at radius 2 is 1.88 bits per heavy atom. The average Bonchev–Trinajstić information content (AvgIpc) is 3.38. The van der Waals surface area contributed by atoms with E-state index in [2.05, 4.69) is 15.5 Å². The Bertz CT molecular complexity index is 1250. The van der Waals surface area contributed by atoms with E-state index in [0.717, 1.165) is 29.1 Å². The highest BCUT2D eigenvalue weighted by Gasteiger charge is 2.18. The van der Waals surface area contributed by atoms with Crippen LogP contribution in [-0.4, -0.2) is 37.0 Å². The highest BCUT2D eigenvalue weighted by molar-refractivity contribution is 7.71. The van der Waals surface area contributed by atoms with Crippen molar-refractivity contribution in [3.8, 4) is 11.3 Å². The van der Waals surface area contributed by atoms with Gasteiger partial charge in [0, 0.05) is 31.3 Å². The van der Waals surface area contributed by atoms with Crippen molar-refractivity contribution < 1.29 is 4.79 Å². The third kappa shape index (κ3) is 4.86. The van der Waals surface area contributed by atoms with Crippen LogP contribution in [0.25, 0.3) is 11.3 Å². The summed E-state index contributed by atoms with van der Waals surface area (Å²) in [6.07, 6.45) is 2.41. The first-order valence-electron chi connectivity index (χ1n) is 10.7. The first-order chi connectivity index (χ1) is 15.5. The van der Waals surface area contributed by atoms with E-state index < -0.39 is 0 Å². The molecule has 0 bridgehead atoms. The smallest absolute Gasteiger partial charge is 0.255 e. The van der Waals surface area contributed by atoms with E-state index in [1.54, 1.807) is 0 Å². The maximum absolute atomic E-state index is 13.1. The van der Waals surface area contributed by atoms with Gasteiger partial charge in [0.25, 0.3) is 5.91 Å². The number of aryl methyl sites for hydroxylation is 1. The molecule has 0 aliphatic rings. The van der Waals surface area contributed by atoms with Gasteiger partial charge in [0.2, 0.25) is 0 Å². The topological polar surface area (TPSA) is 80.5 Å². The molecule has 2 aromatic carbocycles. The zero-order valence-corrected chi connectivity index (χ0v) is 19.0. The molecule has 8 heteroatoms. The van der Waals surface area contributed by atoms with Crippen molar-refractivity contribution in [2.45, 2.75) is 33.4 Å². The molecular formula is C24H26N6OS. The number of hydrogen-bond donors (Lipinski definition) is 2. The van der Waals surface area contributed by atoms with Crippen molar-refractivity contribution in [1.82, 2.24) is 29.9 Å². The van der Waals surface area contributed by atoms with Crippen molar-refractivity contribution in [2.24, 2.45) is 0 Å². The molecule has 0 radical (unpaired) electrons. The van der Waals surface area contributed by atoms with Gasteiger partial charge in [-0.15, -0.1) is 0 Å². The molecule has 0 fully saturated rings. The lowest BCUT2D eigenvalue weighted by Gasteiger charge is -2.06. The zero-order chi connectivity index (χ0) is 22.5. The zero-order valence-electron chi connectivity index (χ0n) is 18.2. The van der Waals surface area contributed by atoms with E-state index >= 15 is 0 Å². The lowest BCUT2D eigenvalue weighted by Crippen LogP contribution is -2.26. The highest BCUT2D eigenvalue weighted by Crippen LogP contribution is 2.23. The second-order valence-electron chi connectivity index (χ2n) is 7.64. The van der Waals surface area contributed by atoms with Crippen molar-refractivity contribution in [3.63, 3.8) is 0 Å². The van der Waals surface area contributed by atoms with Crippen LogP contribution in [-0.2, 0) is 19.5 Å². The number of aromatic amines is 1. The number of benzene rings is 2. The van der Waals surface area contributed by atoms with Gasteiger partial charge in [-0.3, -0.25) is 14.6 Å². The lowest BCUT2D eigenvalue weighted by atomic mass is 10.1. The van der Waals surface area contributed by atoms with Crippen LogP contribution in [0.2, 0.25) is 0 Å². The highest BCUT2D eigenvalue weighted by atomic mass is 32.1. The molecule has 0 aliphatic carbocycles. The number of nitrogens with one attached hydrogen (secondary N) is 2. The minimum Gasteiger partial charge on any atom is -0.351 e. The number of H-pyrrole nitrogens is 1. The van der Waals surface area contributed by atoms with E-state index in [0.29, 0.717) is 35.5 Å². The van der Waals surface area contributed by atoms with Crippen LogP contribution >= 0.6 is 12.2 Å². The largest absolute Gasteiger partial charge is 0.351 e. The fourth-order valence-corrected chi connectivity index (χ4v) is 3.89. The van der Waals surface area contributed by atoms with Crippen LogP contribution in [0, 0.1) is 11.7 Å². The number of hydrogen-bond acceptors (Lipinski definition) is 4. The molecular weight excluding hydrogens is 420 g/mol. The fourth-order valence-electron chi connectivity index (χ4n) is 3.61. The van der Waals surface area contributed by atoms with Crippen molar-refractivity contribution in [3.05, 3.63) is 88.1 Å². The first-order valence-corrected chi connectivity index (χ1v) is 11.1. The maximum Gasteiger partial charge on any atom is 0.255 e. The van der Waals surface area contributed by atoms with E-state index in [1.165, 1.54) is 0 Å². The van der Waals surface area contributed by atoms with Crippen LogP contribution in [0.15, 0.2) is 60.8 Å². The molecule has 7 nitrogen and oxygen atoms in total. The maximum atomic E-state index is 13.1. The summed E-state index contributed by atoms with van der Waals surface area (Å²) < 4.78 is 4.34. The molecule has 4 aromatic rings. The summed E-state index contributed by atoms with van der Waals surface area (Å²) in [5.74, 6) is 0.674. The van der Waals surface area contributed by atoms with Crippen molar-refractivity contribution in [1.29, 1.82) is 0 Å². The SMILES string of the molecule is CCn1c(CCNC(=O)c2cn(Cc3ccccc3)nc2-c2ccc(C)cc2)n[nH]c1=S. The molecule has 0 saturated carbocycles. The third-order valence-electron chi connectivity index (χ3n) is 5.31. The summed E-state index contributed by atoms with van der Waals surface area (Å²) in [6.45, 7) is 5.84. The second-order valence-corrected chi connectivity index (χ2v) is 8.02. The van der Waals surface area contributed by atoms with Gasteiger partial charge in [-0.2, -0.15) is 10.2 Å². The van der Waals surface area contributed by atoms with Crippen LogP contribution in [0.4, 0.5) is 0 Å². The predicted molar refractivity (Wildman–Crippen MR) is 127 cm³/mol. The Kier molecular flexibility index (Phi) is 6.61. The molecule has 1 amide bonds. The Balaban J connectivity index is 1.55. The van der Waals surface area contributed by atoms with Gasteiger partial charge in [0.1, 0.15) is 11.5 Å².